The predicted molar refractivity (Wildman–Crippen MR) is 117 cm³/mol. The molecule has 0 saturated carbocycles. The van der Waals surface area contributed by atoms with E-state index in [0.29, 0.717) is 28.7 Å². The van der Waals surface area contributed by atoms with Crippen LogP contribution in [0.15, 0.2) is 42.5 Å². The summed E-state index contributed by atoms with van der Waals surface area (Å²) in [6.07, 6.45) is 1.53. The molecule has 5 rings (SSSR count). The Balaban J connectivity index is 1.24. The van der Waals surface area contributed by atoms with Gasteiger partial charge in [0.25, 0.3) is 5.91 Å². The van der Waals surface area contributed by atoms with Crippen LogP contribution in [0.3, 0.4) is 0 Å². The fraction of sp³-hybridized carbons (Fsp3) is 0.261. The largest absolute Gasteiger partial charge is 0.454 e. The number of hydrogen-bond donors (Lipinski definition) is 2. The fourth-order valence-electron chi connectivity index (χ4n) is 3.76. The molecule has 2 amide bonds. The molecule has 2 heterocycles. The minimum Gasteiger partial charge on any atom is -0.454 e. The molecule has 8 heteroatoms. The highest BCUT2D eigenvalue weighted by Crippen LogP contribution is 2.39. The maximum atomic E-state index is 12.8. The van der Waals surface area contributed by atoms with Gasteiger partial charge in [-0.1, -0.05) is 29.8 Å². The fourth-order valence-corrected chi connectivity index (χ4v) is 4.79. The molecular formula is C23H21N3O4S. The van der Waals surface area contributed by atoms with Crippen molar-refractivity contribution in [2.24, 2.45) is 0 Å². The Morgan fingerprint density at radius 1 is 1.13 bits per heavy atom. The summed E-state index contributed by atoms with van der Waals surface area (Å²) in [4.78, 5) is 31.0. The number of ether oxygens (including phenoxy) is 2. The highest BCUT2D eigenvalue weighted by atomic mass is 32.1. The van der Waals surface area contributed by atoms with Gasteiger partial charge in [-0.3, -0.25) is 14.9 Å². The van der Waals surface area contributed by atoms with E-state index in [4.69, 9.17) is 9.47 Å². The lowest BCUT2D eigenvalue weighted by Crippen LogP contribution is -2.28. The molecule has 2 aromatic carbocycles. The second kappa shape index (κ2) is 8.03. The van der Waals surface area contributed by atoms with E-state index in [9.17, 15) is 9.59 Å². The molecule has 31 heavy (non-hydrogen) atoms. The number of amides is 2. The second-order valence-electron chi connectivity index (χ2n) is 7.64. The number of anilines is 1. The first-order valence-electron chi connectivity index (χ1n) is 10.1. The predicted octanol–water partition coefficient (Wildman–Crippen LogP) is 3.78. The summed E-state index contributed by atoms with van der Waals surface area (Å²) in [6, 6.07) is 13.2. The van der Waals surface area contributed by atoms with E-state index in [1.807, 2.05) is 31.2 Å². The van der Waals surface area contributed by atoms with Crippen LogP contribution in [0.2, 0.25) is 0 Å². The van der Waals surface area contributed by atoms with Crippen LogP contribution in [0.4, 0.5) is 5.13 Å². The average Bonchev–Trinajstić information content (AvgIpc) is 3.48. The Bertz CT molecular complexity index is 1160. The molecule has 7 nitrogen and oxygen atoms in total. The van der Waals surface area contributed by atoms with Gasteiger partial charge in [-0.25, -0.2) is 4.98 Å². The lowest BCUT2D eigenvalue weighted by molar-refractivity contribution is -0.122. The van der Waals surface area contributed by atoms with Gasteiger partial charge in [0.15, 0.2) is 16.6 Å². The quantitative estimate of drug-likeness (QED) is 0.637. The molecular weight excluding hydrogens is 414 g/mol. The molecule has 3 aromatic rings. The smallest absolute Gasteiger partial charge is 0.257 e. The molecule has 0 radical (unpaired) electrons. The zero-order chi connectivity index (χ0) is 21.4. The number of fused-ring (bicyclic) bond motifs is 2. The van der Waals surface area contributed by atoms with Gasteiger partial charge >= 0.3 is 0 Å². The number of benzene rings is 2. The topological polar surface area (TPSA) is 89.6 Å². The van der Waals surface area contributed by atoms with Crippen molar-refractivity contribution in [3.8, 4) is 11.5 Å². The molecule has 0 unspecified atom stereocenters. The first-order chi connectivity index (χ1) is 15.1. The number of carbonyl (C=O) groups is 2. The van der Waals surface area contributed by atoms with Crippen molar-refractivity contribution >= 4 is 28.3 Å². The zero-order valence-electron chi connectivity index (χ0n) is 16.9. The number of hydrogen-bond acceptors (Lipinski definition) is 6. The van der Waals surface area contributed by atoms with Crippen LogP contribution in [-0.2, 0) is 17.8 Å². The molecule has 2 N–H and O–H groups in total. The van der Waals surface area contributed by atoms with Crippen molar-refractivity contribution in [1.82, 2.24) is 10.3 Å². The van der Waals surface area contributed by atoms with E-state index in [2.05, 4.69) is 15.6 Å². The molecule has 1 atom stereocenters. The maximum Gasteiger partial charge on any atom is 0.257 e. The van der Waals surface area contributed by atoms with Crippen molar-refractivity contribution in [3.05, 3.63) is 69.7 Å². The van der Waals surface area contributed by atoms with Gasteiger partial charge in [0.05, 0.1) is 11.6 Å². The van der Waals surface area contributed by atoms with Gasteiger partial charge in [-0.05, 0) is 43.5 Å². The number of nitrogens with zero attached hydrogens (tertiary/aromatic N) is 1. The highest BCUT2D eigenvalue weighted by Gasteiger charge is 2.32. The molecule has 1 aromatic heterocycles. The van der Waals surface area contributed by atoms with E-state index >= 15 is 0 Å². The molecule has 158 valence electrons. The van der Waals surface area contributed by atoms with Crippen LogP contribution in [0.25, 0.3) is 0 Å². The zero-order valence-corrected chi connectivity index (χ0v) is 17.8. The summed E-state index contributed by atoms with van der Waals surface area (Å²) in [5, 5.41) is 6.36. The first-order valence-corrected chi connectivity index (χ1v) is 10.9. The summed E-state index contributed by atoms with van der Waals surface area (Å²) in [7, 11) is 0. The highest BCUT2D eigenvalue weighted by molar-refractivity contribution is 7.16. The van der Waals surface area contributed by atoms with Crippen molar-refractivity contribution in [2.45, 2.75) is 32.2 Å². The molecule has 0 bridgehead atoms. The van der Waals surface area contributed by atoms with Gasteiger partial charge in [-0.15, -0.1) is 11.3 Å². The third kappa shape index (κ3) is 3.98. The van der Waals surface area contributed by atoms with E-state index in [1.165, 1.54) is 16.9 Å². The lowest BCUT2D eigenvalue weighted by Gasteiger charge is -2.11. The monoisotopic (exact) mass is 435 g/mol. The van der Waals surface area contributed by atoms with Crippen LogP contribution >= 0.6 is 11.3 Å². The Morgan fingerprint density at radius 2 is 1.94 bits per heavy atom. The summed E-state index contributed by atoms with van der Waals surface area (Å²) >= 11 is 1.43. The SMILES string of the molecule is Cc1ccc(CNC(=O)[C@H]2CCc3sc(NC(=O)c4ccc5c(c4)OCO5)nc32)cc1. The van der Waals surface area contributed by atoms with Crippen molar-refractivity contribution < 1.29 is 19.1 Å². The van der Waals surface area contributed by atoms with Crippen LogP contribution in [-0.4, -0.2) is 23.6 Å². The van der Waals surface area contributed by atoms with Gasteiger partial charge in [-0.2, -0.15) is 0 Å². The molecule has 0 spiro atoms. The van der Waals surface area contributed by atoms with Gasteiger partial charge < -0.3 is 14.8 Å². The third-order valence-corrected chi connectivity index (χ3v) is 6.52. The molecule has 0 saturated heterocycles. The van der Waals surface area contributed by atoms with Crippen molar-refractivity contribution in [2.75, 3.05) is 12.1 Å². The van der Waals surface area contributed by atoms with E-state index in [1.54, 1.807) is 18.2 Å². The Morgan fingerprint density at radius 3 is 2.77 bits per heavy atom. The lowest BCUT2D eigenvalue weighted by atomic mass is 10.1. The van der Waals surface area contributed by atoms with Crippen molar-refractivity contribution in [1.29, 1.82) is 0 Å². The summed E-state index contributed by atoms with van der Waals surface area (Å²) < 4.78 is 10.6. The third-order valence-electron chi connectivity index (χ3n) is 5.48. The Hall–Kier alpha value is -3.39. The van der Waals surface area contributed by atoms with Crippen molar-refractivity contribution in [3.63, 3.8) is 0 Å². The standard InChI is InChI=1S/C23H21N3O4S/c1-13-2-4-14(5-3-13)11-24-22(28)16-7-9-19-20(16)25-23(31-19)26-21(27)15-6-8-17-18(10-15)30-12-29-17/h2-6,8,10,16H,7,9,11-12H2,1H3,(H,24,28)(H,25,26,27)/t16-/m0/s1. The maximum absolute atomic E-state index is 12.8. The minimum absolute atomic E-state index is 0.0294. The first kappa shape index (κ1) is 19.6. The van der Waals surface area contributed by atoms with Crippen LogP contribution in [0.5, 0.6) is 11.5 Å². The summed E-state index contributed by atoms with van der Waals surface area (Å²) in [6.45, 7) is 2.68. The molecule has 2 aliphatic rings. The van der Waals surface area contributed by atoms with Gasteiger partial charge in [0.2, 0.25) is 12.7 Å². The minimum atomic E-state index is -0.284. The van der Waals surface area contributed by atoms with Crippen LogP contribution in [0, 0.1) is 6.92 Å². The van der Waals surface area contributed by atoms with Crippen LogP contribution in [0.1, 0.15) is 44.4 Å². The second-order valence-corrected chi connectivity index (χ2v) is 8.73. The molecule has 0 fully saturated rings. The Kier molecular flexibility index (Phi) is 5.07. The number of thiazole rings is 1. The van der Waals surface area contributed by atoms with Crippen LogP contribution < -0.4 is 20.1 Å². The molecule has 1 aliphatic heterocycles. The van der Waals surface area contributed by atoms with E-state index in [0.717, 1.165) is 29.0 Å². The number of aryl methyl sites for hydroxylation is 2. The molecule has 1 aliphatic carbocycles. The Labute approximate surface area is 183 Å². The average molecular weight is 436 g/mol. The number of aromatic nitrogens is 1. The summed E-state index contributed by atoms with van der Waals surface area (Å²) in [5.41, 5.74) is 3.49. The number of nitrogens with one attached hydrogen (secondary N) is 2. The van der Waals surface area contributed by atoms with E-state index in [-0.39, 0.29) is 24.5 Å². The normalized spacial score (nSPS) is 16.1. The van der Waals surface area contributed by atoms with E-state index < -0.39 is 0 Å². The van der Waals surface area contributed by atoms with Gasteiger partial charge in [0.1, 0.15) is 0 Å². The van der Waals surface area contributed by atoms with Gasteiger partial charge in [0, 0.05) is 17.0 Å². The summed E-state index contributed by atoms with van der Waals surface area (Å²) in [5.74, 6) is 0.598. The number of carbonyl (C=O) groups excluding carboxylic acids is 2. The number of rotatable bonds is 5.